The molecule has 0 spiro atoms. The molecule has 0 heterocycles. The van der Waals surface area contributed by atoms with Crippen molar-refractivity contribution < 1.29 is 35.8 Å². The van der Waals surface area contributed by atoms with Crippen LogP contribution in [0, 0.1) is 5.82 Å². The van der Waals surface area contributed by atoms with E-state index in [2.05, 4.69) is 4.90 Å². The highest BCUT2D eigenvalue weighted by atomic mass is 32.2. The van der Waals surface area contributed by atoms with Gasteiger partial charge in [0.05, 0.1) is 22.7 Å². The second-order valence-electron chi connectivity index (χ2n) is 11.6. The summed E-state index contributed by atoms with van der Waals surface area (Å²) in [5.41, 5.74) is -0.164. The number of nitrogens with zero attached hydrogens (tertiary/aromatic N) is 1. The lowest BCUT2D eigenvalue weighted by molar-refractivity contribution is -0.137. The van der Waals surface area contributed by atoms with Crippen LogP contribution < -0.4 is 4.74 Å². The molecule has 0 aliphatic heterocycles. The molecule has 0 aromatic heterocycles. The van der Waals surface area contributed by atoms with Gasteiger partial charge in [-0.2, -0.15) is 13.2 Å². The van der Waals surface area contributed by atoms with Crippen LogP contribution in [0.3, 0.4) is 0 Å². The Morgan fingerprint density at radius 2 is 1.47 bits per heavy atom. The zero-order valence-corrected chi connectivity index (χ0v) is 26.2. The number of hydrogen-bond donors (Lipinski definition) is 1. The van der Waals surface area contributed by atoms with E-state index in [1.54, 1.807) is 6.07 Å². The Kier molecular flexibility index (Phi) is 10.7. The molecule has 240 valence electrons. The first-order chi connectivity index (χ1) is 21.1. The highest BCUT2D eigenvalue weighted by Crippen LogP contribution is 2.34. The highest BCUT2D eigenvalue weighted by molar-refractivity contribution is 7.90. The Bertz CT molecular complexity index is 1630. The molecule has 4 aromatic rings. The van der Waals surface area contributed by atoms with Gasteiger partial charge in [0.15, 0.2) is 9.84 Å². The van der Waals surface area contributed by atoms with E-state index in [9.17, 15) is 26.7 Å². The number of ether oxygens (including phenoxy) is 1. The van der Waals surface area contributed by atoms with Gasteiger partial charge < -0.3 is 9.84 Å². The Balaban J connectivity index is 1.57. The molecule has 0 atom stereocenters. The van der Waals surface area contributed by atoms with Crippen LogP contribution in [0.5, 0.6) is 5.75 Å². The van der Waals surface area contributed by atoms with E-state index in [4.69, 9.17) is 4.74 Å². The van der Waals surface area contributed by atoms with Crippen molar-refractivity contribution in [2.45, 2.75) is 49.4 Å². The molecule has 4 rings (SSSR count). The van der Waals surface area contributed by atoms with Gasteiger partial charge in [0.1, 0.15) is 11.6 Å². The molecule has 0 saturated carbocycles. The summed E-state index contributed by atoms with van der Waals surface area (Å²) in [6.07, 6.45) is -3.12. The predicted octanol–water partition coefficient (Wildman–Crippen LogP) is 7.58. The first-order valence-electron chi connectivity index (χ1n) is 14.5. The van der Waals surface area contributed by atoms with E-state index in [1.165, 1.54) is 26.0 Å². The number of alkyl halides is 3. The maximum Gasteiger partial charge on any atom is 0.416 e. The van der Waals surface area contributed by atoms with Gasteiger partial charge >= 0.3 is 6.18 Å². The van der Waals surface area contributed by atoms with Crippen molar-refractivity contribution >= 4 is 9.84 Å². The Labute approximate surface area is 262 Å². The second-order valence-corrected chi connectivity index (χ2v) is 13.6. The summed E-state index contributed by atoms with van der Waals surface area (Å²) in [6, 6.07) is 27.2. The van der Waals surface area contributed by atoms with E-state index in [1.807, 2.05) is 60.7 Å². The predicted molar refractivity (Wildman–Crippen MR) is 166 cm³/mol. The molecule has 0 bridgehead atoms. The number of rotatable bonds is 13. The number of hydrogen-bond acceptors (Lipinski definition) is 5. The van der Waals surface area contributed by atoms with E-state index in [-0.39, 0.29) is 35.3 Å². The summed E-state index contributed by atoms with van der Waals surface area (Å²) in [5.74, 6) is -0.975. The van der Waals surface area contributed by atoms with Gasteiger partial charge in [-0.1, -0.05) is 78.9 Å². The first kappa shape index (κ1) is 34.1. The fourth-order valence-corrected chi connectivity index (χ4v) is 6.43. The molecule has 5 nitrogen and oxygen atoms in total. The van der Waals surface area contributed by atoms with E-state index >= 15 is 4.39 Å². The molecule has 45 heavy (non-hydrogen) atoms. The smallest absolute Gasteiger partial charge is 0.416 e. The number of benzene rings is 4. The van der Waals surface area contributed by atoms with Gasteiger partial charge in [0, 0.05) is 43.4 Å². The summed E-state index contributed by atoms with van der Waals surface area (Å²) < 4.78 is 86.0. The molecule has 0 aliphatic carbocycles. The van der Waals surface area contributed by atoms with Crippen molar-refractivity contribution in [2.24, 2.45) is 0 Å². The zero-order chi connectivity index (χ0) is 32.8. The van der Waals surface area contributed by atoms with Gasteiger partial charge in [0.25, 0.3) is 0 Å². The second kappa shape index (κ2) is 14.1. The van der Waals surface area contributed by atoms with E-state index < -0.39 is 33.0 Å². The lowest BCUT2D eigenvalue weighted by Gasteiger charge is -2.29. The van der Waals surface area contributed by atoms with Gasteiger partial charge in [0.2, 0.25) is 0 Å². The van der Waals surface area contributed by atoms with E-state index in [0.717, 1.165) is 35.6 Å². The van der Waals surface area contributed by atoms with Crippen LogP contribution in [0.15, 0.2) is 102 Å². The fourth-order valence-electron chi connectivity index (χ4n) is 5.38. The quantitative estimate of drug-likeness (QED) is 0.120. The number of halogens is 4. The maximum atomic E-state index is 15.0. The molecule has 0 saturated heterocycles. The zero-order valence-electron chi connectivity index (χ0n) is 25.4. The van der Waals surface area contributed by atoms with Crippen molar-refractivity contribution in [1.29, 1.82) is 0 Å². The van der Waals surface area contributed by atoms with E-state index in [0.29, 0.717) is 25.1 Å². The lowest BCUT2D eigenvalue weighted by atomic mass is 9.90. The number of sulfone groups is 1. The summed E-state index contributed by atoms with van der Waals surface area (Å²) in [5, 5.41) is 10.4. The minimum absolute atomic E-state index is 0.00296. The van der Waals surface area contributed by atoms with Crippen molar-refractivity contribution in [3.63, 3.8) is 0 Å². The Morgan fingerprint density at radius 1 is 0.867 bits per heavy atom. The van der Waals surface area contributed by atoms with Gasteiger partial charge in [-0.05, 0) is 49.1 Å². The minimum Gasteiger partial charge on any atom is -0.493 e. The molecule has 10 heteroatoms. The third kappa shape index (κ3) is 9.39. The highest BCUT2D eigenvalue weighted by Gasteiger charge is 2.31. The van der Waals surface area contributed by atoms with Gasteiger partial charge in [-0.15, -0.1) is 0 Å². The first-order valence-corrected chi connectivity index (χ1v) is 16.4. The summed E-state index contributed by atoms with van der Waals surface area (Å²) in [4.78, 5) is 1.70. The van der Waals surface area contributed by atoms with Crippen molar-refractivity contribution in [3.8, 4) is 5.75 Å². The molecule has 0 radical (unpaired) electrons. The fraction of sp³-hybridized carbons (Fsp3) is 0.314. The molecular formula is C35H37F4NO4S. The Morgan fingerprint density at radius 3 is 2.00 bits per heavy atom. The molecular weight excluding hydrogens is 606 g/mol. The third-order valence-corrected chi connectivity index (χ3v) is 8.55. The van der Waals surface area contributed by atoms with Crippen LogP contribution in [0.2, 0.25) is 0 Å². The monoisotopic (exact) mass is 643 g/mol. The molecule has 0 amide bonds. The van der Waals surface area contributed by atoms with Crippen molar-refractivity contribution in [2.75, 3.05) is 26.0 Å². The third-order valence-electron chi connectivity index (χ3n) is 7.43. The van der Waals surface area contributed by atoms with Crippen LogP contribution in [0.25, 0.3) is 0 Å². The minimum atomic E-state index is -4.47. The average Bonchev–Trinajstić information content (AvgIpc) is 2.97. The van der Waals surface area contributed by atoms with Crippen LogP contribution >= 0.6 is 0 Å². The average molecular weight is 644 g/mol. The summed E-state index contributed by atoms with van der Waals surface area (Å²) in [6.45, 7) is 3.86. The molecule has 0 fully saturated rings. The van der Waals surface area contributed by atoms with Gasteiger partial charge in [-0.25, -0.2) is 12.8 Å². The normalized spacial score (nSPS) is 12.6. The Hall–Kier alpha value is -3.73. The molecule has 4 aromatic carbocycles. The van der Waals surface area contributed by atoms with Crippen molar-refractivity contribution in [1.82, 2.24) is 4.90 Å². The van der Waals surface area contributed by atoms with Crippen LogP contribution in [-0.4, -0.2) is 44.4 Å². The number of aliphatic hydroxyl groups is 1. The lowest BCUT2D eigenvalue weighted by Crippen LogP contribution is -2.31. The molecule has 1 N–H and O–H groups in total. The van der Waals surface area contributed by atoms with Crippen LogP contribution in [-0.2, 0) is 28.2 Å². The molecule has 0 aliphatic rings. The summed E-state index contributed by atoms with van der Waals surface area (Å²) >= 11 is 0. The standard InChI is InChI=1S/C35H37F4NO4S/c1-34(2,41)33-31(36)21-29(22-32(33)45(3,42)43)44-19-11-18-40(23-25-12-10-17-28(20-25)35(37,38)39)24-30(26-13-6-4-7-14-26)27-15-8-5-9-16-27/h4-10,12-17,20-22,30,41H,11,18-19,23-24H2,1-3H3. The topological polar surface area (TPSA) is 66.8 Å². The van der Waals surface area contributed by atoms with Crippen molar-refractivity contribution in [3.05, 3.63) is 131 Å². The van der Waals surface area contributed by atoms with Crippen LogP contribution in [0.4, 0.5) is 17.6 Å². The van der Waals surface area contributed by atoms with Crippen LogP contribution in [0.1, 0.15) is 54.0 Å². The largest absolute Gasteiger partial charge is 0.493 e. The molecule has 0 unspecified atom stereocenters. The summed E-state index contributed by atoms with van der Waals surface area (Å²) in [7, 11) is -3.89. The SMILES string of the molecule is CC(C)(O)c1c(F)cc(OCCCN(Cc2cccc(C(F)(F)F)c2)CC(c2ccccc2)c2ccccc2)cc1S(C)(=O)=O. The maximum absolute atomic E-state index is 15.0. The van der Waals surface area contributed by atoms with Gasteiger partial charge in [-0.3, -0.25) is 4.90 Å².